The van der Waals surface area contributed by atoms with Crippen molar-refractivity contribution < 1.29 is 13.2 Å². The van der Waals surface area contributed by atoms with Gasteiger partial charge >= 0.3 is 11.9 Å². The minimum Gasteiger partial charge on any atom is -0.329 e. The van der Waals surface area contributed by atoms with E-state index >= 15 is 0 Å². The van der Waals surface area contributed by atoms with Gasteiger partial charge in [-0.3, -0.25) is 13.9 Å². The van der Waals surface area contributed by atoms with Gasteiger partial charge in [0.05, 0.1) is 0 Å². The molecule has 21 heavy (non-hydrogen) atoms. The number of aryl methyl sites for hydroxylation is 1. The maximum atomic E-state index is 13.1. The predicted molar refractivity (Wildman–Crippen MR) is 69.0 cm³/mol. The van der Waals surface area contributed by atoms with Crippen LogP contribution in [0, 0.1) is 0 Å². The van der Waals surface area contributed by atoms with Gasteiger partial charge in [-0.15, -0.1) is 0 Å². The number of aromatic nitrogens is 4. The van der Waals surface area contributed by atoms with Crippen molar-refractivity contribution in [3.8, 4) is 0 Å². The van der Waals surface area contributed by atoms with Crippen LogP contribution in [0.2, 0.25) is 0 Å². The molecule has 2 rings (SSSR count). The van der Waals surface area contributed by atoms with Crippen LogP contribution in [0.4, 0.5) is 13.2 Å². The second-order valence-corrected chi connectivity index (χ2v) is 4.44. The molecule has 10 heteroatoms. The molecule has 0 aliphatic heterocycles. The Hall–Kier alpha value is -2.10. The van der Waals surface area contributed by atoms with Crippen molar-refractivity contribution in [1.82, 2.24) is 18.7 Å². The van der Waals surface area contributed by atoms with Gasteiger partial charge in [0, 0.05) is 26.7 Å². The number of rotatable bonds is 3. The van der Waals surface area contributed by atoms with Gasteiger partial charge in [-0.05, 0) is 6.92 Å². The van der Waals surface area contributed by atoms with Crippen LogP contribution < -0.4 is 17.0 Å². The van der Waals surface area contributed by atoms with Crippen LogP contribution in [-0.2, 0) is 26.3 Å². The first-order valence-corrected chi connectivity index (χ1v) is 6.21. The second-order valence-electron chi connectivity index (χ2n) is 4.44. The van der Waals surface area contributed by atoms with E-state index in [1.165, 1.54) is 7.05 Å². The van der Waals surface area contributed by atoms with Crippen molar-refractivity contribution in [3.63, 3.8) is 0 Å². The lowest BCUT2D eigenvalue weighted by molar-refractivity contribution is -0.146. The molecule has 0 unspecified atom stereocenters. The Kier molecular flexibility index (Phi) is 3.66. The monoisotopic (exact) mass is 305 g/mol. The van der Waals surface area contributed by atoms with Gasteiger partial charge in [-0.25, -0.2) is 9.78 Å². The summed E-state index contributed by atoms with van der Waals surface area (Å²) in [6.07, 6.45) is -4.74. The normalized spacial score (nSPS) is 12.3. The number of nitrogens with two attached hydrogens (primary N) is 1. The van der Waals surface area contributed by atoms with Crippen molar-refractivity contribution in [2.45, 2.75) is 26.2 Å². The van der Waals surface area contributed by atoms with E-state index in [-0.39, 0.29) is 30.8 Å². The maximum absolute atomic E-state index is 13.1. The van der Waals surface area contributed by atoms with Gasteiger partial charge in [0.15, 0.2) is 11.2 Å². The lowest BCUT2D eigenvalue weighted by Gasteiger charge is -2.10. The molecule has 2 heterocycles. The zero-order chi connectivity index (χ0) is 15.9. The lowest BCUT2D eigenvalue weighted by Crippen LogP contribution is -2.38. The molecule has 0 aromatic carbocycles. The molecule has 0 radical (unpaired) electrons. The first-order valence-electron chi connectivity index (χ1n) is 6.21. The average Bonchev–Trinajstić information content (AvgIpc) is 2.77. The molecule has 0 saturated carbocycles. The van der Waals surface area contributed by atoms with Gasteiger partial charge in [-0.1, -0.05) is 0 Å². The minimum atomic E-state index is -4.74. The van der Waals surface area contributed by atoms with Gasteiger partial charge in [0.2, 0.25) is 5.82 Å². The third-order valence-corrected chi connectivity index (χ3v) is 3.15. The second kappa shape index (κ2) is 5.02. The summed E-state index contributed by atoms with van der Waals surface area (Å²) >= 11 is 0. The predicted octanol–water partition coefficient (Wildman–Crippen LogP) is -0.106. The van der Waals surface area contributed by atoms with Crippen molar-refractivity contribution in [2.24, 2.45) is 12.8 Å². The Morgan fingerprint density at radius 1 is 1.24 bits per heavy atom. The summed E-state index contributed by atoms with van der Waals surface area (Å²) in [6, 6.07) is 0. The van der Waals surface area contributed by atoms with E-state index in [1.54, 1.807) is 6.92 Å². The van der Waals surface area contributed by atoms with E-state index < -0.39 is 23.2 Å². The zero-order valence-corrected chi connectivity index (χ0v) is 11.4. The van der Waals surface area contributed by atoms with E-state index in [2.05, 4.69) is 4.98 Å². The van der Waals surface area contributed by atoms with E-state index in [0.717, 1.165) is 13.7 Å². The fraction of sp³-hybridized carbons (Fsp3) is 0.545. The highest BCUT2D eigenvalue weighted by atomic mass is 19.4. The molecule has 0 aliphatic rings. The molecule has 7 nitrogen and oxygen atoms in total. The van der Waals surface area contributed by atoms with E-state index in [9.17, 15) is 22.8 Å². The highest BCUT2D eigenvalue weighted by Gasteiger charge is 2.38. The number of halogens is 3. The molecular formula is C11H14F3N5O2. The fourth-order valence-electron chi connectivity index (χ4n) is 2.21. The van der Waals surface area contributed by atoms with Crippen LogP contribution in [0.1, 0.15) is 12.7 Å². The van der Waals surface area contributed by atoms with Crippen molar-refractivity contribution in [3.05, 3.63) is 26.7 Å². The summed E-state index contributed by atoms with van der Waals surface area (Å²) in [7, 11) is 1.21. The zero-order valence-electron chi connectivity index (χ0n) is 11.4. The van der Waals surface area contributed by atoms with Crippen LogP contribution >= 0.6 is 0 Å². The summed E-state index contributed by atoms with van der Waals surface area (Å²) in [6.45, 7) is 1.37. The van der Waals surface area contributed by atoms with Crippen LogP contribution in [0.25, 0.3) is 11.2 Å². The number of alkyl halides is 3. The summed E-state index contributed by atoms with van der Waals surface area (Å²) < 4.78 is 41.7. The topological polar surface area (TPSA) is 87.8 Å². The molecule has 0 aliphatic carbocycles. The van der Waals surface area contributed by atoms with Crippen LogP contribution in [0.3, 0.4) is 0 Å². The number of nitrogens with zero attached hydrogens (tertiary/aromatic N) is 4. The minimum absolute atomic E-state index is 0.0943. The molecule has 0 atom stereocenters. The molecule has 0 fully saturated rings. The molecule has 2 aromatic rings. The van der Waals surface area contributed by atoms with Gasteiger partial charge in [-0.2, -0.15) is 13.2 Å². The number of hydrogen-bond acceptors (Lipinski definition) is 4. The SMILES string of the molecule is CCn1c(=O)n(C)c(=O)c2c1nc(C(F)(F)F)n2CCN. The lowest BCUT2D eigenvalue weighted by atomic mass is 10.4. The average molecular weight is 305 g/mol. The molecule has 0 bridgehead atoms. The fourth-order valence-corrected chi connectivity index (χ4v) is 2.21. The van der Waals surface area contributed by atoms with Crippen LogP contribution in [0.15, 0.2) is 9.59 Å². The largest absolute Gasteiger partial charge is 0.449 e. The molecule has 0 spiro atoms. The summed E-state index contributed by atoms with van der Waals surface area (Å²) in [5.41, 5.74) is 3.25. The molecule has 2 aromatic heterocycles. The molecule has 2 N–H and O–H groups in total. The van der Waals surface area contributed by atoms with E-state index in [0.29, 0.717) is 0 Å². The molecule has 0 amide bonds. The van der Waals surface area contributed by atoms with Crippen LogP contribution in [-0.4, -0.2) is 25.2 Å². The number of imidazole rings is 1. The van der Waals surface area contributed by atoms with E-state index in [4.69, 9.17) is 5.73 Å². The van der Waals surface area contributed by atoms with Crippen molar-refractivity contribution in [2.75, 3.05) is 6.54 Å². The van der Waals surface area contributed by atoms with Crippen LogP contribution in [0.5, 0.6) is 0 Å². The van der Waals surface area contributed by atoms with Gasteiger partial charge in [0.25, 0.3) is 5.56 Å². The molecule has 116 valence electrons. The Morgan fingerprint density at radius 2 is 1.86 bits per heavy atom. The Labute approximate surface area is 116 Å². The maximum Gasteiger partial charge on any atom is 0.449 e. The Bertz CT molecular complexity index is 799. The van der Waals surface area contributed by atoms with Gasteiger partial charge in [0.1, 0.15) is 0 Å². The Balaban J connectivity index is 3.05. The Morgan fingerprint density at radius 3 is 2.33 bits per heavy atom. The quantitative estimate of drug-likeness (QED) is 0.857. The van der Waals surface area contributed by atoms with Gasteiger partial charge < -0.3 is 10.3 Å². The van der Waals surface area contributed by atoms with E-state index in [1.807, 2.05) is 0 Å². The highest BCUT2D eigenvalue weighted by Crippen LogP contribution is 2.30. The standard InChI is InChI=1S/C11H14F3N5O2/c1-3-18-7-6(8(20)17(2)10(18)21)19(5-4-15)9(16-7)11(12,13)14/h3-5,15H2,1-2H3. The number of fused-ring (bicyclic) bond motifs is 1. The van der Waals surface area contributed by atoms with Crippen molar-refractivity contribution in [1.29, 1.82) is 0 Å². The smallest absolute Gasteiger partial charge is 0.329 e. The third-order valence-electron chi connectivity index (χ3n) is 3.15. The highest BCUT2D eigenvalue weighted by molar-refractivity contribution is 5.71. The number of hydrogen-bond donors (Lipinski definition) is 1. The van der Waals surface area contributed by atoms with Crippen molar-refractivity contribution >= 4 is 11.2 Å². The molecule has 0 saturated heterocycles. The summed E-state index contributed by atoms with van der Waals surface area (Å²) in [5.74, 6) is -1.23. The molecular weight excluding hydrogens is 291 g/mol. The summed E-state index contributed by atoms with van der Waals surface area (Å²) in [4.78, 5) is 27.5. The third kappa shape index (κ3) is 2.24. The summed E-state index contributed by atoms with van der Waals surface area (Å²) in [5, 5.41) is 0. The first-order chi connectivity index (χ1) is 9.73. The first kappa shape index (κ1) is 15.3.